The van der Waals surface area contributed by atoms with E-state index >= 15 is 0 Å². The van der Waals surface area contributed by atoms with Gasteiger partial charge in [-0.1, -0.05) is 0 Å². The molecule has 2 rings (SSSR count). The molecule has 0 amide bonds. The Morgan fingerprint density at radius 2 is 1.88 bits per heavy atom. The third kappa shape index (κ3) is 1.92. The summed E-state index contributed by atoms with van der Waals surface area (Å²) >= 11 is 0. The van der Waals surface area contributed by atoms with E-state index in [0.717, 1.165) is 0 Å². The van der Waals surface area contributed by atoms with Gasteiger partial charge in [-0.15, -0.1) is 0 Å². The second kappa shape index (κ2) is 3.56. The van der Waals surface area contributed by atoms with Crippen LogP contribution in [0, 0.1) is 5.92 Å². The molecule has 0 aromatic rings. The minimum absolute atomic E-state index is 0.704. The molecule has 4 atom stereocenters. The smallest absolute Gasteiger partial charge is 0.394 e. The second-order valence-electron chi connectivity index (χ2n) is 4.39. The molecule has 2 saturated heterocycles. The molecule has 0 unspecified atom stereocenters. The molecule has 0 spiro atoms. The zero-order valence-electron chi connectivity index (χ0n) is 8.82. The largest absolute Gasteiger partial charge is 0.397 e. The monoisotopic (exact) mass is 242 g/mol. The van der Waals surface area contributed by atoms with E-state index in [1.165, 1.54) is 13.8 Å². The Morgan fingerprint density at radius 1 is 1.25 bits per heavy atom. The number of fused-ring (bicyclic) bond motifs is 1. The van der Waals surface area contributed by atoms with Crippen molar-refractivity contribution in [3.8, 4) is 0 Å². The van der Waals surface area contributed by atoms with Crippen molar-refractivity contribution in [2.75, 3.05) is 6.61 Å². The molecular weight excluding hydrogens is 229 g/mol. The first-order chi connectivity index (χ1) is 7.24. The maximum absolute atomic E-state index is 12.8. The first-order valence-electron chi connectivity index (χ1n) is 4.93. The van der Waals surface area contributed by atoms with E-state index in [9.17, 15) is 13.2 Å². The van der Waals surface area contributed by atoms with Gasteiger partial charge in [-0.25, -0.2) is 0 Å². The summed E-state index contributed by atoms with van der Waals surface area (Å²) in [5.41, 5.74) is 0. The highest BCUT2D eigenvalue weighted by Gasteiger charge is 2.63. The zero-order chi connectivity index (χ0) is 12.1. The van der Waals surface area contributed by atoms with E-state index < -0.39 is 43.0 Å². The standard InChI is InChI=1S/C9H13F3O4/c1-8(2)15-6-5(9(10,11)12)4(3-13)14-7(6)16-8/h4-7,13H,3H2,1-2H3/t4-,5-,6-,7-/m1/s1. The zero-order valence-corrected chi connectivity index (χ0v) is 8.82. The van der Waals surface area contributed by atoms with Crippen LogP contribution in [0.3, 0.4) is 0 Å². The molecule has 4 nitrogen and oxygen atoms in total. The molecule has 0 aromatic heterocycles. The number of aliphatic hydroxyl groups excluding tert-OH is 1. The Hall–Kier alpha value is -0.370. The van der Waals surface area contributed by atoms with E-state index in [0.29, 0.717) is 0 Å². The normalized spacial score (nSPS) is 42.4. The summed E-state index contributed by atoms with van der Waals surface area (Å²) in [7, 11) is 0. The topological polar surface area (TPSA) is 47.9 Å². The molecule has 0 aromatic carbocycles. The van der Waals surface area contributed by atoms with Gasteiger partial charge in [0.05, 0.1) is 12.7 Å². The van der Waals surface area contributed by atoms with Gasteiger partial charge in [0.2, 0.25) is 0 Å². The first-order valence-corrected chi connectivity index (χ1v) is 4.93. The number of ether oxygens (including phenoxy) is 3. The highest BCUT2D eigenvalue weighted by atomic mass is 19.4. The Kier molecular flexibility index (Phi) is 2.69. The number of alkyl halides is 3. The summed E-state index contributed by atoms with van der Waals surface area (Å²) in [5, 5.41) is 8.85. The summed E-state index contributed by atoms with van der Waals surface area (Å²) in [4.78, 5) is 0. The van der Waals surface area contributed by atoms with Crippen molar-refractivity contribution in [2.24, 2.45) is 5.92 Å². The predicted molar refractivity (Wildman–Crippen MR) is 45.3 cm³/mol. The van der Waals surface area contributed by atoms with Gasteiger partial charge in [-0.05, 0) is 13.8 Å². The lowest BCUT2D eigenvalue weighted by Gasteiger charge is -2.26. The van der Waals surface area contributed by atoms with Crippen LogP contribution in [0.5, 0.6) is 0 Å². The maximum Gasteiger partial charge on any atom is 0.397 e. The van der Waals surface area contributed by atoms with Crippen LogP contribution in [0.25, 0.3) is 0 Å². The van der Waals surface area contributed by atoms with Gasteiger partial charge in [0.15, 0.2) is 12.1 Å². The van der Waals surface area contributed by atoms with Crippen LogP contribution in [0.2, 0.25) is 0 Å². The molecule has 1 N–H and O–H groups in total. The van der Waals surface area contributed by atoms with Crippen molar-refractivity contribution >= 4 is 0 Å². The Balaban J connectivity index is 2.21. The first kappa shape index (κ1) is 12.1. The SMILES string of the molecule is CC1(C)O[C@H]2O[C@H](CO)[C@@H](C(F)(F)F)[C@H]2O1. The summed E-state index contributed by atoms with van der Waals surface area (Å²) in [6, 6.07) is 0. The van der Waals surface area contributed by atoms with E-state index in [1.807, 2.05) is 0 Å². The van der Waals surface area contributed by atoms with Crippen LogP contribution in [0.4, 0.5) is 13.2 Å². The highest BCUT2D eigenvalue weighted by Crippen LogP contribution is 2.47. The van der Waals surface area contributed by atoms with E-state index in [1.54, 1.807) is 0 Å². The Bertz CT molecular complexity index is 278. The van der Waals surface area contributed by atoms with Crippen LogP contribution in [-0.2, 0) is 14.2 Å². The van der Waals surface area contributed by atoms with Gasteiger partial charge in [0.25, 0.3) is 0 Å². The Labute approximate surface area is 90.3 Å². The van der Waals surface area contributed by atoms with E-state index in [4.69, 9.17) is 19.3 Å². The molecule has 2 aliphatic heterocycles. The lowest BCUT2D eigenvalue weighted by molar-refractivity contribution is -0.250. The number of halogens is 3. The molecule has 0 bridgehead atoms. The van der Waals surface area contributed by atoms with Crippen molar-refractivity contribution in [1.29, 1.82) is 0 Å². The minimum atomic E-state index is -4.48. The third-order valence-corrected chi connectivity index (χ3v) is 2.71. The number of rotatable bonds is 1. The van der Waals surface area contributed by atoms with Crippen molar-refractivity contribution in [2.45, 2.75) is 44.3 Å². The van der Waals surface area contributed by atoms with Gasteiger partial charge in [-0.3, -0.25) is 0 Å². The summed E-state index contributed by atoms with van der Waals surface area (Å²) in [5.74, 6) is -2.93. The highest BCUT2D eigenvalue weighted by molar-refractivity contribution is 4.95. The molecular formula is C9H13F3O4. The van der Waals surface area contributed by atoms with Gasteiger partial charge >= 0.3 is 6.18 Å². The number of aliphatic hydroxyl groups is 1. The van der Waals surface area contributed by atoms with Crippen LogP contribution in [0.1, 0.15) is 13.8 Å². The van der Waals surface area contributed by atoms with E-state index in [2.05, 4.69) is 0 Å². The van der Waals surface area contributed by atoms with Gasteiger partial charge in [0, 0.05) is 0 Å². The summed E-state index contributed by atoms with van der Waals surface area (Å²) in [6.07, 6.45) is -8.05. The quantitative estimate of drug-likeness (QED) is 0.746. The molecule has 94 valence electrons. The molecule has 2 heterocycles. The van der Waals surface area contributed by atoms with Crippen molar-refractivity contribution in [3.05, 3.63) is 0 Å². The fourth-order valence-corrected chi connectivity index (χ4v) is 2.13. The molecule has 0 aliphatic carbocycles. The fourth-order valence-electron chi connectivity index (χ4n) is 2.13. The van der Waals surface area contributed by atoms with Crippen molar-refractivity contribution in [3.63, 3.8) is 0 Å². The minimum Gasteiger partial charge on any atom is -0.394 e. The van der Waals surface area contributed by atoms with Crippen LogP contribution >= 0.6 is 0 Å². The molecule has 16 heavy (non-hydrogen) atoms. The number of hydrogen-bond acceptors (Lipinski definition) is 4. The lowest BCUT2D eigenvalue weighted by atomic mass is 9.98. The van der Waals surface area contributed by atoms with Crippen LogP contribution < -0.4 is 0 Å². The number of hydrogen-bond donors (Lipinski definition) is 1. The second-order valence-corrected chi connectivity index (χ2v) is 4.39. The maximum atomic E-state index is 12.8. The molecule has 7 heteroatoms. The third-order valence-electron chi connectivity index (χ3n) is 2.71. The average Bonchev–Trinajstić information content (AvgIpc) is 2.52. The van der Waals surface area contributed by atoms with Gasteiger partial charge in [-0.2, -0.15) is 13.2 Å². The van der Waals surface area contributed by atoms with Crippen LogP contribution in [-0.4, -0.2) is 42.2 Å². The van der Waals surface area contributed by atoms with Crippen molar-refractivity contribution in [1.82, 2.24) is 0 Å². The molecule has 0 radical (unpaired) electrons. The predicted octanol–water partition coefficient (Wildman–Crippen LogP) is 1.03. The summed E-state index contributed by atoms with van der Waals surface area (Å²) < 4.78 is 53.6. The lowest BCUT2D eigenvalue weighted by Crippen LogP contribution is -2.41. The molecule has 0 saturated carbocycles. The Morgan fingerprint density at radius 3 is 2.38 bits per heavy atom. The molecule has 2 aliphatic rings. The van der Waals surface area contributed by atoms with Crippen molar-refractivity contribution < 1.29 is 32.5 Å². The van der Waals surface area contributed by atoms with Gasteiger partial charge in [0.1, 0.15) is 12.0 Å². The summed E-state index contributed by atoms with van der Waals surface area (Å²) in [6.45, 7) is 2.34. The van der Waals surface area contributed by atoms with E-state index in [-0.39, 0.29) is 0 Å². The molecule has 2 fully saturated rings. The average molecular weight is 242 g/mol. The van der Waals surface area contributed by atoms with Gasteiger partial charge < -0.3 is 19.3 Å². The fraction of sp³-hybridized carbons (Fsp3) is 1.00. The van der Waals surface area contributed by atoms with Crippen LogP contribution in [0.15, 0.2) is 0 Å².